The standard InChI is InChI=1S/C9H12N4O3S2/c1-6-8(17-5-10-6)3-12-18(15,16)9-7(4-14)2-11-13-9/h2,5,12,14H,3-4H2,1H3,(H,11,13). The number of aliphatic hydroxyl groups excluding tert-OH is 1. The largest absolute Gasteiger partial charge is 0.392 e. The molecule has 0 unspecified atom stereocenters. The molecule has 0 saturated heterocycles. The summed E-state index contributed by atoms with van der Waals surface area (Å²) in [6.45, 7) is 1.60. The number of aromatic amines is 1. The van der Waals surface area contributed by atoms with E-state index in [2.05, 4.69) is 19.9 Å². The van der Waals surface area contributed by atoms with E-state index in [-0.39, 0.29) is 23.7 Å². The van der Waals surface area contributed by atoms with Crippen molar-refractivity contribution in [3.8, 4) is 0 Å². The molecule has 2 aromatic rings. The van der Waals surface area contributed by atoms with Crippen LogP contribution in [-0.2, 0) is 23.2 Å². The predicted octanol–water partition coefficient (Wildman–Crippen LogP) is 0.145. The highest BCUT2D eigenvalue weighted by atomic mass is 32.2. The topological polar surface area (TPSA) is 108 Å². The van der Waals surface area contributed by atoms with Gasteiger partial charge >= 0.3 is 0 Å². The van der Waals surface area contributed by atoms with Crippen molar-refractivity contribution in [1.82, 2.24) is 19.9 Å². The zero-order valence-corrected chi connectivity index (χ0v) is 11.2. The van der Waals surface area contributed by atoms with E-state index in [1.807, 2.05) is 6.92 Å². The SMILES string of the molecule is Cc1ncsc1CNS(=O)(=O)c1[nH]ncc1CO. The lowest BCUT2D eigenvalue weighted by Gasteiger charge is -2.05. The van der Waals surface area contributed by atoms with Gasteiger partial charge in [0.05, 0.1) is 24.0 Å². The second kappa shape index (κ2) is 5.14. The number of nitrogens with one attached hydrogen (secondary N) is 2. The Morgan fingerprint density at radius 2 is 2.33 bits per heavy atom. The number of sulfonamides is 1. The summed E-state index contributed by atoms with van der Waals surface area (Å²) in [6, 6.07) is 0. The third-order valence-corrected chi connectivity index (χ3v) is 4.74. The summed E-state index contributed by atoms with van der Waals surface area (Å²) in [5.74, 6) is 0. The number of aliphatic hydroxyl groups is 1. The molecule has 9 heteroatoms. The number of hydrogen-bond acceptors (Lipinski definition) is 6. The number of aryl methyl sites for hydroxylation is 1. The van der Waals surface area contributed by atoms with Gasteiger partial charge in [-0.15, -0.1) is 11.3 Å². The maximum absolute atomic E-state index is 12.0. The van der Waals surface area contributed by atoms with Gasteiger partial charge in [0.25, 0.3) is 10.0 Å². The molecule has 18 heavy (non-hydrogen) atoms. The molecule has 0 bridgehead atoms. The quantitative estimate of drug-likeness (QED) is 0.725. The lowest BCUT2D eigenvalue weighted by molar-refractivity contribution is 0.278. The molecule has 0 saturated carbocycles. The van der Waals surface area contributed by atoms with E-state index in [1.165, 1.54) is 17.5 Å². The van der Waals surface area contributed by atoms with Gasteiger partial charge < -0.3 is 5.11 Å². The molecule has 0 spiro atoms. The van der Waals surface area contributed by atoms with Crippen molar-refractivity contribution in [3.05, 3.63) is 27.8 Å². The van der Waals surface area contributed by atoms with Crippen molar-refractivity contribution in [1.29, 1.82) is 0 Å². The fourth-order valence-corrected chi connectivity index (χ4v) is 3.30. The Balaban J connectivity index is 2.16. The fraction of sp³-hybridized carbons (Fsp3) is 0.333. The van der Waals surface area contributed by atoms with Crippen LogP contribution in [-0.4, -0.2) is 28.7 Å². The molecule has 0 aliphatic rings. The minimum absolute atomic E-state index is 0.104. The van der Waals surface area contributed by atoms with Gasteiger partial charge in [0.2, 0.25) is 0 Å². The molecule has 98 valence electrons. The third kappa shape index (κ3) is 2.58. The van der Waals surface area contributed by atoms with Crippen molar-refractivity contribution in [3.63, 3.8) is 0 Å². The minimum atomic E-state index is -3.70. The molecule has 2 aromatic heterocycles. The average Bonchev–Trinajstić information content (AvgIpc) is 2.95. The first kappa shape index (κ1) is 13.1. The Bertz CT molecular complexity index is 632. The first-order valence-corrected chi connectivity index (χ1v) is 7.42. The van der Waals surface area contributed by atoms with Crippen LogP contribution in [0.2, 0.25) is 0 Å². The second-order valence-corrected chi connectivity index (χ2v) is 6.21. The molecule has 0 aliphatic carbocycles. The van der Waals surface area contributed by atoms with Crippen LogP contribution in [0.4, 0.5) is 0 Å². The summed E-state index contributed by atoms with van der Waals surface area (Å²) in [5, 5.41) is 14.9. The zero-order valence-electron chi connectivity index (χ0n) is 9.54. The number of rotatable bonds is 5. The number of thiazole rings is 1. The van der Waals surface area contributed by atoms with E-state index in [0.29, 0.717) is 0 Å². The molecule has 0 amide bonds. The molecule has 0 fully saturated rings. The Morgan fingerprint density at radius 1 is 1.56 bits per heavy atom. The molecule has 0 radical (unpaired) electrons. The van der Waals surface area contributed by atoms with Crippen LogP contribution >= 0.6 is 11.3 Å². The minimum Gasteiger partial charge on any atom is -0.392 e. The van der Waals surface area contributed by atoms with Gasteiger partial charge in [-0.3, -0.25) is 5.10 Å². The smallest absolute Gasteiger partial charge is 0.258 e. The molecule has 3 N–H and O–H groups in total. The molecule has 7 nitrogen and oxygen atoms in total. The maximum Gasteiger partial charge on any atom is 0.258 e. The van der Waals surface area contributed by atoms with Gasteiger partial charge in [0.1, 0.15) is 0 Å². The molecule has 0 aliphatic heterocycles. The van der Waals surface area contributed by atoms with Gasteiger partial charge in [-0.1, -0.05) is 0 Å². The number of nitrogens with zero attached hydrogens (tertiary/aromatic N) is 2. The van der Waals surface area contributed by atoms with Crippen molar-refractivity contribution in [2.75, 3.05) is 0 Å². The van der Waals surface area contributed by atoms with Crippen LogP contribution in [0, 0.1) is 6.92 Å². The Kier molecular flexibility index (Phi) is 3.76. The molecular weight excluding hydrogens is 276 g/mol. The summed E-state index contributed by atoms with van der Waals surface area (Å²) in [5.41, 5.74) is 2.70. The van der Waals surface area contributed by atoms with Crippen LogP contribution in [0.25, 0.3) is 0 Å². The van der Waals surface area contributed by atoms with Crippen molar-refractivity contribution in [2.24, 2.45) is 0 Å². The fourth-order valence-electron chi connectivity index (χ4n) is 1.37. The van der Waals surface area contributed by atoms with E-state index in [4.69, 9.17) is 5.11 Å². The van der Waals surface area contributed by atoms with Gasteiger partial charge in [-0.05, 0) is 6.92 Å². The first-order chi connectivity index (χ1) is 8.54. The Hall–Kier alpha value is -1.29. The Morgan fingerprint density at radius 3 is 2.94 bits per heavy atom. The first-order valence-electron chi connectivity index (χ1n) is 5.06. The summed E-state index contributed by atoms with van der Waals surface area (Å²) in [7, 11) is -3.70. The summed E-state index contributed by atoms with van der Waals surface area (Å²) in [4.78, 5) is 4.89. The summed E-state index contributed by atoms with van der Waals surface area (Å²) < 4.78 is 26.4. The predicted molar refractivity (Wildman–Crippen MR) is 65.4 cm³/mol. The molecule has 2 rings (SSSR count). The third-order valence-electron chi connectivity index (χ3n) is 2.38. The van der Waals surface area contributed by atoms with Crippen LogP contribution < -0.4 is 4.72 Å². The van der Waals surface area contributed by atoms with E-state index in [9.17, 15) is 8.42 Å². The molecule has 2 heterocycles. The van der Waals surface area contributed by atoms with Crippen LogP contribution in [0.3, 0.4) is 0 Å². The molecule has 0 atom stereocenters. The highest BCUT2D eigenvalue weighted by Crippen LogP contribution is 2.15. The van der Waals surface area contributed by atoms with Crippen molar-refractivity contribution in [2.45, 2.75) is 25.1 Å². The van der Waals surface area contributed by atoms with Gasteiger partial charge in [0.15, 0.2) is 5.03 Å². The average molecular weight is 288 g/mol. The summed E-state index contributed by atoms with van der Waals surface area (Å²) >= 11 is 1.38. The molecular formula is C9H12N4O3S2. The monoisotopic (exact) mass is 288 g/mol. The number of hydrogen-bond donors (Lipinski definition) is 3. The van der Waals surface area contributed by atoms with E-state index >= 15 is 0 Å². The van der Waals surface area contributed by atoms with Crippen molar-refractivity contribution < 1.29 is 13.5 Å². The highest BCUT2D eigenvalue weighted by Gasteiger charge is 2.20. The van der Waals surface area contributed by atoms with E-state index < -0.39 is 10.0 Å². The number of H-pyrrole nitrogens is 1. The van der Waals surface area contributed by atoms with Gasteiger partial charge in [0, 0.05) is 17.0 Å². The molecule has 0 aromatic carbocycles. The maximum atomic E-state index is 12.0. The lowest BCUT2D eigenvalue weighted by atomic mass is 10.4. The normalized spacial score (nSPS) is 11.9. The van der Waals surface area contributed by atoms with Crippen LogP contribution in [0.5, 0.6) is 0 Å². The van der Waals surface area contributed by atoms with E-state index in [1.54, 1.807) is 5.51 Å². The highest BCUT2D eigenvalue weighted by molar-refractivity contribution is 7.89. The summed E-state index contributed by atoms with van der Waals surface area (Å²) in [6.07, 6.45) is 1.28. The number of aromatic nitrogens is 3. The second-order valence-electron chi connectivity index (χ2n) is 3.57. The van der Waals surface area contributed by atoms with Crippen LogP contribution in [0.15, 0.2) is 16.7 Å². The zero-order chi connectivity index (χ0) is 13.2. The lowest BCUT2D eigenvalue weighted by Crippen LogP contribution is -2.24. The van der Waals surface area contributed by atoms with Crippen LogP contribution in [0.1, 0.15) is 16.1 Å². The van der Waals surface area contributed by atoms with Crippen molar-refractivity contribution >= 4 is 21.4 Å². The van der Waals surface area contributed by atoms with E-state index in [0.717, 1.165) is 10.6 Å². The van der Waals surface area contributed by atoms with Gasteiger partial charge in [-0.25, -0.2) is 18.1 Å². The Labute approximate surface area is 108 Å². The van der Waals surface area contributed by atoms with Gasteiger partial charge in [-0.2, -0.15) is 5.10 Å².